The van der Waals surface area contributed by atoms with Crippen LogP contribution in [0.15, 0.2) is 12.2 Å². The molecule has 0 unspecified atom stereocenters. The van der Waals surface area contributed by atoms with Crippen molar-refractivity contribution in [2.45, 2.75) is 186 Å². The molecule has 0 aromatic rings. The van der Waals surface area contributed by atoms with Crippen LogP contribution >= 0.6 is 0 Å². The lowest BCUT2D eigenvalue weighted by Gasteiger charge is -2.50. The van der Waals surface area contributed by atoms with Crippen LogP contribution < -0.4 is 0 Å². The van der Waals surface area contributed by atoms with Gasteiger partial charge in [-0.15, -0.1) is 0 Å². The number of Topliss-reactive ketones (excluding diaryl/α,β-unsaturated/α-hetero) is 1. The number of nitrogens with zero attached hydrogens (tertiary/aromatic N) is 1. The summed E-state index contributed by atoms with van der Waals surface area (Å²) in [5.41, 5.74) is -4.05. The Morgan fingerprint density at radius 3 is 2.21 bits per heavy atom. The molecular weight excluding hydrogens is 754 g/mol. The van der Waals surface area contributed by atoms with E-state index in [1.807, 2.05) is 59.7 Å². The minimum atomic E-state index is -1.77. The number of fused-ring (bicyclic) bond motifs is 5. The van der Waals surface area contributed by atoms with Crippen LogP contribution in [-0.2, 0) is 57.0 Å². The number of hydrogen-bond donors (Lipinski definition) is 2. The zero-order valence-electron chi connectivity index (χ0n) is 37.3. The first kappa shape index (κ1) is 48.6. The molecule has 0 saturated carbocycles. The third-order valence-corrected chi connectivity index (χ3v) is 13.1. The van der Waals surface area contributed by atoms with Crippen molar-refractivity contribution in [2.24, 2.45) is 23.7 Å². The van der Waals surface area contributed by atoms with E-state index >= 15 is 0 Å². The summed E-state index contributed by atoms with van der Waals surface area (Å²) in [6.07, 6.45) is -4.22. The number of aliphatic hydroxyl groups is 2. The number of carbonyl (C=O) groups is 3. The lowest BCUT2D eigenvalue weighted by molar-refractivity contribution is -0.321. The first-order chi connectivity index (χ1) is 27.0. The smallest absolute Gasteiger partial charge is 0.311 e. The predicted octanol–water partition coefficient (Wildman–Crippen LogP) is 3.97. The number of cyclic esters (lactones) is 1. The number of ether oxygens (including phenoxy) is 9. The Hall–Kier alpha value is -2.05. The van der Waals surface area contributed by atoms with Crippen molar-refractivity contribution in [3.63, 3.8) is 0 Å². The number of aliphatic hydroxyl groups excluding tert-OH is 1. The Balaban J connectivity index is 1.92. The van der Waals surface area contributed by atoms with Crippen LogP contribution in [0.25, 0.3) is 0 Å². The number of rotatable bonds is 8. The molecule has 15 heteroatoms. The molecule has 18 atom stereocenters. The average Bonchev–Trinajstić information content (AvgIpc) is 3.14. The first-order valence-electron chi connectivity index (χ1n) is 21.1. The second kappa shape index (κ2) is 19.8. The molecule has 4 aliphatic rings. The normalized spacial score (nSPS) is 46.9. The molecule has 2 N–H and O–H groups in total. The molecule has 0 aromatic heterocycles. The van der Waals surface area contributed by atoms with Gasteiger partial charge in [-0.05, 0) is 74.9 Å². The number of methoxy groups -OCH3 is 1. The van der Waals surface area contributed by atoms with E-state index in [1.165, 1.54) is 14.0 Å². The van der Waals surface area contributed by atoms with Gasteiger partial charge in [0.2, 0.25) is 0 Å². The molecule has 0 aliphatic carbocycles. The Morgan fingerprint density at radius 1 is 0.948 bits per heavy atom. The quantitative estimate of drug-likeness (QED) is 0.265. The molecule has 0 aromatic carbocycles. The topological polar surface area (TPSA) is 178 Å². The minimum absolute atomic E-state index is 0.0738. The maximum atomic E-state index is 14.5. The fourth-order valence-electron chi connectivity index (χ4n) is 9.75. The molecular formula is C43H73NO14. The Morgan fingerprint density at radius 2 is 1.60 bits per heavy atom. The van der Waals surface area contributed by atoms with Gasteiger partial charge in [0.15, 0.2) is 18.7 Å². The Bertz CT molecular complexity index is 1420. The molecule has 4 heterocycles. The Kier molecular flexibility index (Phi) is 16.6. The third kappa shape index (κ3) is 10.7. The molecule has 0 amide bonds. The van der Waals surface area contributed by atoms with Gasteiger partial charge in [0.25, 0.3) is 0 Å². The van der Waals surface area contributed by atoms with Crippen molar-refractivity contribution in [1.82, 2.24) is 4.90 Å². The summed E-state index contributed by atoms with van der Waals surface area (Å²) >= 11 is 0. The zero-order valence-corrected chi connectivity index (χ0v) is 37.3. The number of esters is 2. The number of carbonyl (C=O) groups excluding carboxylic acids is 3. The molecule has 3 fully saturated rings. The van der Waals surface area contributed by atoms with Gasteiger partial charge in [0, 0.05) is 44.2 Å². The molecule has 2 bridgehead atoms. The SMILES string of the molecule is CC[C@H]1OC(=O)[C@H](C)[C@@H](O[C@H]2C[C@@](C)(OC)[C@@H](OC(C)=O)[C@H](C)O2)[C@H](C)[C@@H](O[C@@H]2O[C@H](C)C[C@H](N(C)C)[C@H]2O)[C@]2(C)C[C@@H](C)C(=O)[C@H](C)[C@@H](OC/C=C\CO2)[C@]1(C)O. The summed E-state index contributed by atoms with van der Waals surface area (Å²) in [6, 6.07) is -0.289. The molecule has 4 aliphatic heterocycles. The lowest BCUT2D eigenvalue weighted by atomic mass is 9.73. The van der Waals surface area contributed by atoms with Gasteiger partial charge in [0.1, 0.15) is 29.2 Å². The summed E-state index contributed by atoms with van der Waals surface area (Å²) in [5, 5.41) is 24.0. The summed E-state index contributed by atoms with van der Waals surface area (Å²) in [7, 11) is 5.32. The van der Waals surface area contributed by atoms with E-state index in [0.29, 0.717) is 6.42 Å². The van der Waals surface area contributed by atoms with Gasteiger partial charge >= 0.3 is 11.9 Å². The summed E-state index contributed by atoms with van der Waals surface area (Å²) < 4.78 is 57.5. The van der Waals surface area contributed by atoms with Crippen molar-refractivity contribution in [1.29, 1.82) is 0 Å². The maximum Gasteiger partial charge on any atom is 0.311 e. The van der Waals surface area contributed by atoms with Crippen molar-refractivity contribution in [3.05, 3.63) is 12.2 Å². The van der Waals surface area contributed by atoms with E-state index in [2.05, 4.69) is 0 Å². The van der Waals surface area contributed by atoms with Crippen LogP contribution in [-0.4, -0.2) is 152 Å². The molecule has 334 valence electrons. The van der Waals surface area contributed by atoms with Gasteiger partial charge in [-0.1, -0.05) is 39.8 Å². The van der Waals surface area contributed by atoms with E-state index < -0.39 is 108 Å². The third-order valence-electron chi connectivity index (χ3n) is 13.1. The highest BCUT2D eigenvalue weighted by atomic mass is 16.7. The van der Waals surface area contributed by atoms with Crippen LogP contribution in [0.5, 0.6) is 0 Å². The van der Waals surface area contributed by atoms with E-state index in [0.717, 1.165) is 0 Å². The monoisotopic (exact) mass is 828 g/mol. The van der Waals surface area contributed by atoms with Gasteiger partial charge in [-0.2, -0.15) is 0 Å². The molecule has 58 heavy (non-hydrogen) atoms. The van der Waals surface area contributed by atoms with Crippen molar-refractivity contribution < 1.29 is 67.2 Å². The first-order valence-corrected chi connectivity index (χ1v) is 21.1. The van der Waals surface area contributed by atoms with Crippen LogP contribution in [0.4, 0.5) is 0 Å². The maximum absolute atomic E-state index is 14.5. The van der Waals surface area contributed by atoms with E-state index in [4.69, 9.17) is 42.6 Å². The van der Waals surface area contributed by atoms with Crippen molar-refractivity contribution in [3.8, 4) is 0 Å². The van der Waals surface area contributed by atoms with Crippen LogP contribution in [0.3, 0.4) is 0 Å². The second-order valence-corrected chi connectivity index (χ2v) is 18.1. The highest BCUT2D eigenvalue weighted by Gasteiger charge is 2.55. The molecule has 3 saturated heterocycles. The van der Waals surface area contributed by atoms with Gasteiger partial charge in [-0.3, -0.25) is 14.4 Å². The predicted molar refractivity (Wildman–Crippen MR) is 212 cm³/mol. The van der Waals surface area contributed by atoms with E-state index in [-0.39, 0.29) is 50.4 Å². The molecule has 4 rings (SSSR count). The second-order valence-electron chi connectivity index (χ2n) is 18.1. The summed E-state index contributed by atoms with van der Waals surface area (Å²) in [6.45, 7) is 19.4. The molecule has 15 nitrogen and oxygen atoms in total. The lowest BCUT2D eigenvalue weighted by Crippen LogP contribution is -2.62. The van der Waals surface area contributed by atoms with Gasteiger partial charge in [-0.25, -0.2) is 0 Å². The fraction of sp³-hybridized carbons (Fsp3) is 0.884. The highest BCUT2D eigenvalue weighted by Crippen LogP contribution is 2.43. The van der Waals surface area contributed by atoms with Gasteiger partial charge < -0.3 is 57.7 Å². The molecule has 0 radical (unpaired) electrons. The van der Waals surface area contributed by atoms with E-state index in [1.54, 1.807) is 40.7 Å². The highest BCUT2D eigenvalue weighted by molar-refractivity contribution is 5.83. The Labute approximate surface area is 345 Å². The zero-order chi connectivity index (χ0) is 43.5. The largest absolute Gasteiger partial charge is 0.459 e. The van der Waals surface area contributed by atoms with Crippen molar-refractivity contribution >= 4 is 17.7 Å². The van der Waals surface area contributed by atoms with Crippen LogP contribution in [0.2, 0.25) is 0 Å². The van der Waals surface area contributed by atoms with E-state index in [9.17, 15) is 24.6 Å². The number of hydrogen-bond acceptors (Lipinski definition) is 15. The number of likely N-dealkylation sites (N-methyl/N-ethyl adjacent to an activating group) is 1. The van der Waals surface area contributed by atoms with Crippen LogP contribution in [0.1, 0.15) is 102 Å². The fourth-order valence-corrected chi connectivity index (χ4v) is 9.75. The summed E-state index contributed by atoms with van der Waals surface area (Å²) in [5.74, 6) is -4.46. The number of ketones is 1. The summed E-state index contributed by atoms with van der Waals surface area (Å²) in [4.78, 5) is 43.1. The minimum Gasteiger partial charge on any atom is -0.459 e. The average molecular weight is 828 g/mol. The van der Waals surface area contributed by atoms with Gasteiger partial charge in [0.05, 0.1) is 55.3 Å². The standard InChI is InChI=1S/C43H73NO14/c1-15-31-43(11,49)37-25(4)33(46)23(2)21-42(10,52-19-17-16-18-51-37)36(58-40-34(47)30(44(12)13)20-24(3)53-40)26(5)35(27(6)39(48)56-31)57-32-22-41(9,50-14)38(28(7)54-32)55-29(8)45/h16-17,23-28,30-32,34-38,40,47,49H,15,18-22H2,1-14H3/b17-16-/t23-,24-,25+,26+,27-,28+,30+,31-,32+,34-,35+,36-,37-,38+,40+,41-,42+,43-/m1/s1. The molecule has 0 spiro atoms. The van der Waals surface area contributed by atoms with Crippen molar-refractivity contribution in [2.75, 3.05) is 34.4 Å². The van der Waals surface area contributed by atoms with Crippen LogP contribution in [0, 0.1) is 23.7 Å².